The number of benzene rings is 7. The summed E-state index contributed by atoms with van der Waals surface area (Å²) in [6.07, 6.45) is 1.92. The summed E-state index contributed by atoms with van der Waals surface area (Å²) in [5.41, 5.74) is 14.3. The zero-order valence-electron chi connectivity index (χ0n) is 38.0. The third kappa shape index (κ3) is 7.02. The van der Waals surface area contributed by atoms with Gasteiger partial charge in [-0.3, -0.25) is 0 Å². The number of hydrogen-bond acceptors (Lipinski definition) is 4. The van der Waals surface area contributed by atoms with Gasteiger partial charge in [0.25, 0.3) is 0 Å². The Morgan fingerprint density at radius 3 is 1.85 bits per heavy atom. The van der Waals surface area contributed by atoms with E-state index in [4.69, 9.17) is 9.72 Å². The molecule has 0 N–H and O–H groups in total. The van der Waals surface area contributed by atoms with Crippen LogP contribution in [-0.2, 0) is 31.9 Å². The SMILES string of the molecule is Cc1cc(C(C)(C)C)cc(C)c1N1[CH-]N(c2[c-]c(Oc3[c-]c4c(c5ccccc5n4-c4cc(C(C)(C)C)ccn4)c4c5ccccc5n(-c5ccccc5)c34)ccc2)c2ccccc21.[Pt]. The van der Waals surface area contributed by atoms with E-state index in [9.17, 15) is 0 Å². The van der Waals surface area contributed by atoms with Gasteiger partial charge in [0, 0.05) is 72.5 Å². The first-order valence-electron chi connectivity index (χ1n) is 22.1. The van der Waals surface area contributed by atoms with Gasteiger partial charge >= 0.3 is 0 Å². The molecule has 65 heavy (non-hydrogen) atoms. The number of rotatable bonds is 6. The number of anilines is 4. The van der Waals surface area contributed by atoms with E-state index in [1.807, 2.05) is 12.3 Å². The van der Waals surface area contributed by atoms with Crippen molar-refractivity contribution >= 4 is 66.4 Å². The summed E-state index contributed by atoms with van der Waals surface area (Å²) in [7, 11) is 0. The molecule has 0 fully saturated rings. The van der Waals surface area contributed by atoms with Crippen LogP contribution in [0.4, 0.5) is 22.7 Å². The zero-order chi connectivity index (χ0) is 44.1. The molecule has 1 aliphatic rings. The first-order chi connectivity index (χ1) is 30.8. The first-order valence-corrected chi connectivity index (χ1v) is 22.1. The summed E-state index contributed by atoms with van der Waals surface area (Å²) >= 11 is 0. The van der Waals surface area contributed by atoms with Crippen molar-refractivity contribution < 1.29 is 25.8 Å². The Morgan fingerprint density at radius 1 is 0.569 bits per heavy atom. The van der Waals surface area contributed by atoms with Crippen LogP contribution in [0.5, 0.6) is 11.5 Å². The van der Waals surface area contributed by atoms with Gasteiger partial charge in [-0.05, 0) is 112 Å². The van der Waals surface area contributed by atoms with Gasteiger partial charge in [-0.15, -0.1) is 36.6 Å². The Labute approximate surface area is 396 Å². The molecule has 0 radical (unpaired) electrons. The molecule has 6 nitrogen and oxygen atoms in total. The van der Waals surface area contributed by atoms with Crippen molar-refractivity contribution in [3.8, 4) is 23.0 Å². The average Bonchev–Trinajstić information content (AvgIpc) is 3.94. The number of para-hydroxylation sites is 5. The molecule has 0 saturated heterocycles. The van der Waals surface area contributed by atoms with Crippen LogP contribution in [0.25, 0.3) is 55.1 Å². The first kappa shape index (κ1) is 42.3. The summed E-state index contributed by atoms with van der Waals surface area (Å²) in [4.78, 5) is 9.54. The quantitative estimate of drug-likeness (QED) is 0.156. The number of aryl methyl sites for hydroxylation is 2. The molecule has 0 unspecified atom stereocenters. The molecule has 7 aromatic carbocycles. The van der Waals surface area contributed by atoms with E-state index < -0.39 is 0 Å². The van der Waals surface area contributed by atoms with Crippen LogP contribution < -0.4 is 14.5 Å². The second kappa shape index (κ2) is 15.8. The topological polar surface area (TPSA) is 38.5 Å². The van der Waals surface area contributed by atoms with Crippen molar-refractivity contribution in [2.75, 3.05) is 9.80 Å². The fraction of sp³-hybridized carbons (Fsp3) is 0.172. The van der Waals surface area contributed by atoms with Gasteiger partial charge in [-0.1, -0.05) is 137 Å². The Bertz CT molecular complexity index is 3440. The van der Waals surface area contributed by atoms with Crippen LogP contribution in [0.15, 0.2) is 152 Å². The smallest absolute Gasteiger partial charge is 0.135 e. The van der Waals surface area contributed by atoms with E-state index in [1.165, 1.54) is 27.9 Å². The van der Waals surface area contributed by atoms with Crippen molar-refractivity contribution in [2.45, 2.75) is 66.2 Å². The maximum atomic E-state index is 7.22. The van der Waals surface area contributed by atoms with Crippen LogP contribution in [-0.4, -0.2) is 14.1 Å². The van der Waals surface area contributed by atoms with Gasteiger partial charge in [0.2, 0.25) is 0 Å². The van der Waals surface area contributed by atoms with Gasteiger partial charge < -0.3 is 23.7 Å². The molecule has 7 heteroatoms. The van der Waals surface area contributed by atoms with Crippen molar-refractivity contribution in [1.29, 1.82) is 0 Å². The number of aromatic nitrogens is 3. The minimum Gasteiger partial charge on any atom is -0.507 e. The standard InChI is InChI=1S/C58H50N5O.Pt/c1-37-31-40(58(6,7)8)32-38(2)55(37)61-36-60(48-27-16-17-28-49(48)61)42-21-18-22-43(34-42)64-51-35-50-53(54-45-24-13-14-25-46(45)62(56(51)54)41-19-10-9-11-20-41)44-23-12-15-26-47(44)63(50)52-33-39(29-30-59-52)57(3,4)5;/h9-33,36H,1-8H3;/q-3;. The predicted octanol–water partition coefficient (Wildman–Crippen LogP) is 15.3. The molecule has 3 aromatic heterocycles. The number of hydrogen-bond donors (Lipinski definition) is 0. The van der Waals surface area contributed by atoms with E-state index >= 15 is 0 Å². The van der Waals surface area contributed by atoms with Crippen LogP contribution in [0.3, 0.4) is 0 Å². The van der Waals surface area contributed by atoms with Crippen LogP contribution in [0, 0.1) is 32.6 Å². The molecule has 0 atom stereocenters. The minimum absolute atomic E-state index is 0. The Morgan fingerprint density at radius 2 is 1.17 bits per heavy atom. The maximum Gasteiger partial charge on any atom is 0.135 e. The van der Waals surface area contributed by atoms with Crippen molar-refractivity contribution in [3.63, 3.8) is 0 Å². The third-order valence-corrected chi connectivity index (χ3v) is 12.8. The Balaban J connectivity index is 0.00000498. The molecule has 0 amide bonds. The van der Waals surface area contributed by atoms with Crippen LogP contribution in [0.1, 0.15) is 63.8 Å². The van der Waals surface area contributed by atoms with E-state index in [2.05, 4.69) is 233 Å². The molecule has 0 bridgehead atoms. The molecule has 0 saturated carbocycles. The second-order valence-corrected chi connectivity index (χ2v) is 19.1. The minimum atomic E-state index is -0.0650. The summed E-state index contributed by atoms with van der Waals surface area (Å²) in [5.74, 6) is 2.03. The van der Waals surface area contributed by atoms with E-state index in [0.29, 0.717) is 11.5 Å². The summed E-state index contributed by atoms with van der Waals surface area (Å²) in [6.45, 7) is 20.2. The molecule has 10 aromatic rings. The van der Waals surface area contributed by atoms with Gasteiger partial charge in [0.05, 0.1) is 0 Å². The van der Waals surface area contributed by atoms with E-state index in [-0.39, 0.29) is 31.9 Å². The number of ether oxygens (including phenoxy) is 1. The second-order valence-electron chi connectivity index (χ2n) is 19.1. The Kier molecular flexibility index (Phi) is 10.3. The Hall–Kier alpha value is -6.62. The zero-order valence-corrected chi connectivity index (χ0v) is 40.2. The largest absolute Gasteiger partial charge is 0.507 e. The molecule has 11 rings (SSSR count). The summed E-state index contributed by atoms with van der Waals surface area (Å²) < 4.78 is 11.8. The molecule has 0 spiro atoms. The number of pyridine rings is 1. The molecule has 4 heterocycles. The molecule has 1 aliphatic heterocycles. The molecular weight excluding hydrogens is 978 g/mol. The number of nitrogens with zero attached hydrogens (tertiary/aromatic N) is 5. The van der Waals surface area contributed by atoms with Gasteiger partial charge in [0.1, 0.15) is 5.82 Å². The maximum absolute atomic E-state index is 7.22. The van der Waals surface area contributed by atoms with Crippen LogP contribution in [0.2, 0.25) is 0 Å². The van der Waals surface area contributed by atoms with Crippen molar-refractivity contribution in [2.24, 2.45) is 0 Å². The third-order valence-electron chi connectivity index (χ3n) is 12.8. The fourth-order valence-electron chi connectivity index (χ4n) is 9.65. The molecule has 326 valence electrons. The van der Waals surface area contributed by atoms with Crippen molar-refractivity contribution in [1.82, 2.24) is 14.1 Å². The monoisotopic (exact) mass is 1030 g/mol. The van der Waals surface area contributed by atoms with Gasteiger partial charge in [0.15, 0.2) is 0 Å². The average molecular weight is 1030 g/mol. The van der Waals surface area contributed by atoms with Crippen LogP contribution >= 0.6 is 0 Å². The van der Waals surface area contributed by atoms with Gasteiger partial charge in [-0.2, -0.15) is 6.07 Å². The van der Waals surface area contributed by atoms with E-state index in [1.54, 1.807) is 0 Å². The summed E-state index contributed by atoms with van der Waals surface area (Å²) in [6, 6.07) is 59.2. The molecule has 0 aliphatic carbocycles. The molecular formula is C58H50N5OPt-3. The fourth-order valence-corrected chi connectivity index (χ4v) is 9.65. The normalized spacial score (nSPS) is 13.0. The van der Waals surface area contributed by atoms with E-state index in [0.717, 1.165) is 72.2 Å². The number of fused-ring (bicyclic) bond motifs is 8. The summed E-state index contributed by atoms with van der Waals surface area (Å²) in [5, 5.41) is 4.46. The van der Waals surface area contributed by atoms with Crippen molar-refractivity contribution in [3.05, 3.63) is 193 Å². The predicted molar refractivity (Wildman–Crippen MR) is 265 cm³/mol. The van der Waals surface area contributed by atoms with Gasteiger partial charge in [-0.25, -0.2) is 4.98 Å².